The molecule has 4 nitrogen and oxygen atoms in total. The van der Waals surface area contributed by atoms with Crippen LogP contribution in [-0.2, 0) is 0 Å². The molecule has 0 aliphatic heterocycles. The molecule has 0 bridgehead atoms. The Hall–Kier alpha value is -0.770. The van der Waals surface area contributed by atoms with E-state index in [1.54, 1.807) is 0 Å². The molecule has 1 atom stereocenters. The molecule has 0 aromatic rings. The molecule has 0 radical (unpaired) electrons. The average molecular weight is 146 g/mol. The van der Waals surface area contributed by atoms with Crippen molar-refractivity contribution in [1.82, 2.24) is 5.32 Å². The maximum absolute atomic E-state index is 9.94. The number of aliphatic hydroxyl groups excluding tert-OH is 1. The van der Waals surface area contributed by atoms with Crippen molar-refractivity contribution in [1.29, 1.82) is 0 Å². The minimum Gasteiger partial charge on any atom is -0.530 e. The first kappa shape index (κ1) is 9.23. The summed E-state index contributed by atoms with van der Waals surface area (Å²) >= 11 is 0. The van der Waals surface area contributed by atoms with Crippen LogP contribution in [0.2, 0.25) is 0 Å². The van der Waals surface area contributed by atoms with Gasteiger partial charge in [0.1, 0.15) is 6.09 Å². The molecule has 0 aliphatic carbocycles. The van der Waals surface area contributed by atoms with E-state index in [1.165, 1.54) is 0 Å². The van der Waals surface area contributed by atoms with Gasteiger partial charge in [-0.05, 0) is 5.92 Å². The van der Waals surface area contributed by atoms with Gasteiger partial charge in [-0.2, -0.15) is 0 Å². The molecule has 0 saturated carbocycles. The van der Waals surface area contributed by atoms with Gasteiger partial charge in [-0.1, -0.05) is 13.8 Å². The summed E-state index contributed by atoms with van der Waals surface area (Å²) in [6.07, 6.45) is -1.34. The quantitative estimate of drug-likeness (QED) is 0.533. The summed E-state index contributed by atoms with van der Waals surface area (Å²) in [5.41, 5.74) is 0. The van der Waals surface area contributed by atoms with Crippen LogP contribution in [0.3, 0.4) is 0 Å². The van der Waals surface area contributed by atoms with Crippen molar-refractivity contribution in [2.24, 2.45) is 5.92 Å². The minimum atomic E-state index is -1.34. The van der Waals surface area contributed by atoms with Crippen molar-refractivity contribution in [3.63, 3.8) is 0 Å². The number of hydrogen-bond acceptors (Lipinski definition) is 3. The summed E-state index contributed by atoms with van der Waals surface area (Å²) in [7, 11) is 0. The monoisotopic (exact) mass is 146 g/mol. The van der Waals surface area contributed by atoms with Crippen LogP contribution in [0.15, 0.2) is 0 Å². The Bertz CT molecular complexity index is 114. The molecule has 4 heteroatoms. The summed E-state index contributed by atoms with van der Waals surface area (Å²) in [6.45, 7) is 3.44. The molecular weight excluding hydrogens is 134 g/mol. The lowest BCUT2D eigenvalue weighted by Crippen LogP contribution is -2.47. The fourth-order valence-corrected chi connectivity index (χ4v) is 0.575. The molecule has 0 aliphatic rings. The van der Waals surface area contributed by atoms with E-state index < -0.39 is 12.1 Å². The van der Waals surface area contributed by atoms with E-state index in [0.29, 0.717) is 0 Å². The lowest BCUT2D eigenvalue weighted by molar-refractivity contribution is -0.252. The number of carbonyl (C=O) groups is 1. The van der Waals surface area contributed by atoms with E-state index in [9.17, 15) is 9.90 Å². The van der Waals surface area contributed by atoms with E-state index in [-0.39, 0.29) is 12.5 Å². The Labute approximate surface area is 59.9 Å². The molecule has 0 aromatic carbocycles. The van der Waals surface area contributed by atoms with E-state index in [0.717, 1.165) is 0 Å². The first-order valence-electron chi connectivity index (χ1n) is 3.16. The van der Waals surface area contributed by atoms with Gasteiger partial charge in [0.05, 0.1) is 12.6 Å². The molecule has 0 fully saturated rings. The standard InChI is InChI=1S/C6H13NO3/c1-4(2)5(3-8)7-6(9)10/h4-5,7-8H,3H2,1-2H3,(H,9,10)/p-1. The average Bonchev–Trinajstić information content (AvgIpc) is 1.81. The third-order valence-corrected chi connectivity index (χ3v) is 1.30. The minimum absolute atomic E-state index is 0.0860. The van der Waals surface area contributed by atoms with Gasteiger partial charge in [-0.15, -0.1) is 0 Å². The lowest BCUT2D eigenvalue weighted by atomic mass is 10.1. The summed E-state index contributed by atoms with van der Waals surface area (Å²) in [5.74, 6) is 0.0860. The number of nitrogens with one attached hydrogen (secondary N) is 1. The van der Waals surface area contributed by atoms with Gasteiger partial charge in [0.2, 0.25) is 0 Å². The maximum Gasteiger partial charge on any atom is 0.134 e. The predicted octanol–water partition coefficient (Wildman–Crippen LogP) is -1.06. The Morgan fingerprint density at radius 2 is 2.20 bits per heavy atom. The zero-order valence-corrected chi connectivity index (χ0v) is 6.13. The molecule has 1 amide bonds. The topological polar surface area (TPSA) is 72.4 Å². The zero-order chi connectivity index (χ0) is 8.15. The summed E-state index contributed by atoms with van der Waals surface area (Å²) in [6, 6.07) is -0.412. The number of aliphatic hydroxyl groups is 1. The third-order valence-electron chi connectivity index (χ3n) is 1.30. The second kappa shape index (κ2) is 4.11. The highest BCUT2D eigenvalue weighted by Crippen LogP contribution is 1.98. The van der Waals surface area contributed by atoms with Crippen molar-refractivity contribution in [2.45, 2.75) is 19.9 Å². The van der Waals surface area contributed by atoms with Gasteiger partial charge in [0.15, 0.2) is 0 Å². The second-order valence-electron chi connectivity index (χ2n) is 2.46. The Kier molecular flexibility index (Phi) is 3.79. The maximum atomic E-state index is 9.94. The van der Waals surface area contributed by atoms with Crippen molar-refractivity contribution >= 4 is 6.09 Å². The van der Waals surface area contributed by atoms with Gasteiger partial charge >= 0.3 is 0 Å². The Balaban J connectivity index is 3.71. The number of rotatable bonds is 3. The van der Waals surface area contributed by atoms with Crippen LogP contribution in [0.25, 0.3) is 0 Å². The first-order valence-corrected chi connectivity index (χ1v) is 3.16. The SMILES string of the molecule is CC(C)C(CO)NC(=O)[O-]. The zero-order valence-electron chi connectivity index (χ0n) is 6.13. The number of carboxylic acid groups (broad SMARTS) is 1. The van der Waals surface area contributed by atoms with Crippen LogP contribution in [-0.4, -0.2) is 23.8 Å². The van der Waals surface area contributed by atoms with Gasteiger partial charge < -0.3 is 20.3 Å². The van der Waals surface area contributed by atoms with Crippen LogP contribution >= 0.6 is 0 Å². The van der Waals surface area contributed by atoms with Crippen LogP contribution in [0.1, 0.15) is 13.8 Å². The summed E-state index contributed by atoms with van der Waals surface area (Å²) in [4.78, 5) is 9.94. The Morgan fingerprint density at radius 1 is 1.70 bits per heavy atom. The third kappa shape index (κ3) is 3.29. The molecule has 2 N–H and O–H groups in total. The highest BCUT2D eigenvalue weighted by atomic mass is 16.4. The molecule has 0 heterocycles. The van der Waals surface area contributed by atoms with E-state index in [4.69, 9.17) is 5.11 Å². The molecular formula is C6H12NO3-. The number of carbonyl (C=O) groups excluding carboxylic acids is 1. The molecule has 0 rings (SSSR count). The summed E-state index contributed by atoms with van der Waals surface area (Å²) < 4.78 is 0. The van der Waals surface area contributed by atoms with E-state index in [2.05, 4.69) is 5.32 Å². The number of amides is 1. The molecule has 0 saturated heterocycles. The van der Waals surface area contributed by atoms with Gasteiger partial charge in [-0.25, -0.2) is 0 Å². The van der Waals surface area contributed by atoms with Crippen molar-refractivity contribution in [3.8, 4) is 0 Å². The molecule has 10 heavy (non-hydrogen) atoms. The first-order chi connectivity index (χ1) is 4.57. The molecule has 0 spiro atoms. The van der Waals surface area contributed by atoms with Crippen molar-refractivity contribution < 1.29 is 15.0 Å². The van der Waals surface area contributed by atoms with E-state index in [1.807, 2.05) is 13.8 Å². The Morgan fingerprint density at radius 3 is 2.30 bits per heavy atom. The largest absolute Gasteiger partial charge is 0.530 e. The normalized spacial score (nSPS) is 13.2. The smallest absolute Gasteiger partial charge is 0.134 e. The highest BCUT2D eigenvalue weighted by Gasteiger charge is 2.09. The van der Waals surface area contributed by atoms with Crippen LogP contribution < -0.4 is 10.4 Å². The van der Waals surface area contributed by atoms with Crippen molar-refractivity contribution in [2.75, 3.05) is 6.61 Å². The van der Waals surface area contributed by atoms with Crippen LogP contribution in [0, 0.1) is 5.92 Å². The van der Waals surface area contributed by atoms with Gasteiger partial charge in [-0.3, -0.25) is 0 Å². The number of hydrogen-bond donors (Lipinski definition) is 2. The van der Waals surface area contributed by atoms with Crippen molar-refractivity contribution in [3.05, 3.63) is 0 Å². The fraction of sp³-hybridized carbons (Fsp3) is 0.833. The molecule has 1 unspecified atom stereocenters. The summed E-state index contributed by atoms with van der Waals surface area (Å²) in [5, 5.41) is 20.6. The lowest BCUT2D eigenvalue weighted by Gasteiger charge is -2.20. The van der Waals surface area contributed by atoms with Gasteiger partial charge in [0.25, 0.3) is 0 Å². The second-order valence-corrected chi connectivity index (χ2v) is 2.46. The van der Waals surface area contributed by atoms with Gasteiger partial charge in [0, 0.05) is 0 Å². The van der Waals surface area contributed by atoms with Crippen LogP contribution in [0.5, 0.6) is 0 Å². The predicted molar refractivity (Wildman–Crippen MR) is 34.2 cm³/mol. The molecule has 60 valence electrons. The van der Waals surface area contributed by atoms with Crippen LogP contribution in [0.4, 0.5) is 4.79 Å². The highest BCUT2D eigenvalue weighted by molar-refractivity contribution is 5.62. The van der Waals surface area contributed by atoms with E-state index >= 15 is 0 Å². The fourth-order valence-electron chi connectivity index (χ4n) is 0.575. The molecule has 0 aromatic heterocycles.